The van der Waals surface area contributed by atoms with Crippen molar-refractivity contribution in [3.8, 4) is 17.6 Å². The number of hydrogen-bond acceptors (Lipinski definition) is 13. The third kappa shape index (κ3) is 12.0. The molecule has 8 heterocycles. The number of ether oxygens (including phenoxy) is 1. The molecule has 3 aromatic carbocycles. The highest BCUT2D eigenvalue weighted by molar-refractivity contribution is 7.57. The first-order valence-corrected chi connectivity index (χ1v) is 31.7. The molecule has 7 atom stereocenters. The molecule has 84 heavy (non-hydrogen) atoms. The number of fused-ring (bicyclic) bond motifs is 3. The first-order valence-electron chi connectivity index (χ1n) is 29.2. The van der Waals surface area contributed by atoms with Crippen molar-refractivity contribution in [1.29, 1.82) is 0 Å². The van der Waals surface area contributed by atoms with Crippen LogP contribution < -0.4 is 30.8 Å². The van der Waals surface area contributed by atoms with Crippen LogP contribution in [0, 0.1) is 17.8 Å². The van der Waals surface area contributed by atoms with Crippen LogP contribution >= 0.6 is 18.9 Å². The van der Waals surface area contributed by atoms with E-state index in [-0.39, 0.29) is 66.1 Å². The Morgan fingerprint density at radius 3 is 2.50 bits per heavy atom. The van der Waals surface area contributed by atoms with Crippen molar-refractivity contribution in [3.05, 3.63) is 123 Å². The molecule has 22 heteroatoms. The van der Waals surface area contributed by atoms with Crippen molar-refractivity contribution >= 4 is 81.2 Å². The highest BCUT2D eigenvalue weighted by Crippen LogP contribution is 2.58. The molecule has 0 radical (unpaired) electrons. The highest BCUT2D eigenvalue weighted by atomic mass is 32.1. The molecule has 5 saturated heterocycles. The predicted octanol–water partition coefficient (Wildman–Crippen LogP) is 8.42. The van der Waals surface area contributed by atoms with Gasteiger partial charge in [0, 0.05) is 91.9 Å². The molecule has 3 aromatic heterocycles. The number of imide groups is 1. The Labute approximate surface area is 490 Å². The van der Waals surface area contributed by atoms with Crippen LogP contribution in [0.2, 0.25) is 0 Å². The molecule has 11 rings (SSSR count). The van der Waals surface area contributed by atoms with E-state index in [0.29, 0.717) is 77.1 Å². The average Bonchev–Trinajstić information content (AvgIpc) is 4.31. The Balaban J connectivity index is 0.676. The summed E-state index contributed by atoms with van der Waals surface area (Å²) < 4.78 is 45.7. The van der Waals surface area contributed by atoms with Crippen LogP contribution in [0.3, 0.4) is 0 Å². The number of rotatable bonds is 17. The molecule has 0 bridgehead atoms. The lowest BCUT2D eigenvalue weighted by Gasteiger charge is -2.44. The second kappa shape index (κ2) is 24.9. The minimum atomic E-state index is -4.48. The molecular weight excluding hydrogens is 1110 g/mol. The quantitative estimate of drug-likeness (QED) is 0.0338. The third-order valence-electron chi connectivity index (χ3n) is 17.1. The number of aromatic nitrogens is 3. The molecular formula is C62H69FN9O10PS. The smallest absolute Gasteiger partial charge is 0.355 e. The number of anilines is 1. The average molecular weight is 1180 g/mol. The lowest BCUT2D eigenvalue weighted by molar-refractivity contribution is -0.148. The summed E-state index contributed by atoms with van der Waals surface area (Å²) in [5.74, 6) is 2.84. The van der Waals surface area contributed by atoms with Gasteiger partial charge in [-0.2, -0.15) is 0 Å². The number of benzene rings is 3. The normalized spacial score (nSPS) is 21.8. The van der Waals surface area contributed by atoms with Crippen molar-refractivity contribution in [3.63, 3.8) is 0 Å². The SMILES string of the molecule is CCCOC(=O)[C@H](C)NP(=O)(Oc1ccccc1)[C@@H](F)c1ccc2sc(C(=O)N[C@H]3CCC[C@H]4CC[C@@H](C(=O)N5CC(c6cnccc6N6CCC(CCC#Cc7ccc8c(c7)n(C)c(=O)n8C7CCC(=O)NC7=O)CC6)C5)N4C3=O)cc2c1. The van der Waals surface area contributed by atoms with Crippen molar-refractivity contribution in [2.45, 2.75) is 133 Å². The number of amides is 5. The molecule has 5 aliphatic rings. The summed E-state index contributed by atoms with van der Waals surface area (Å²) in [5, 5.41) is 8.44. The number of esters is 1. The number of pyridine rings is 1. The van der Waals surface area contributed by atoms with E-state index in [1.807, 2.05) is 42.4 Å². The van der Waals surface area contributed by atoms with E-state index < -0.39 is 55.4 Å². The van der Waals surface area contributed by atoms with Gasteiger partial charge < -0.3 is 29.3 Å². The summed E-state index contributed by atoms with van der Waals surface area (Å²) >= 11 is 1.18. The van der Waals surface area contributed by atoms with E-state index in [9.17, 15) is 38.1 Å². The van der Waals surface area contributed by atoms with Crippen LogP contribution in [-0.2, 0) is 40.3 Å². The van der Waals surface area contributed by atoms with E-state index in [1.54, 1.807) is 42.3 Å². The summed E-state index contributed by atoms with van der Waals surface area (Å²) in [5.41, 5.74) is 4.03. The molecule has 0 spiro atoms. The lowest BCUT2D eigenvalue weighted by Crippen LogP contribution is -2.58. The number of nitrogens with zero attached hydrogens (tertiary/aromatic N) is 6. The van der Waals surface area contributed by atoms with E-state index in [4.69, 9.17) is 9.26 Å². The second-order valence-corrected chi connectivity index (χ2v) is 25.9. The van der Waals surface area contributed by atoms with Gasteiger partial charge >= 0.3 is 19.2 Å². The maximum Gasteiger partial charge on any atom is 0.355 e. The number of likely N-dealkylation sites (tertiary alicyclic amines) is 1. The van der Waals surface area contributed by atoms with E-state index in [2.05, 4.69) is 43.5 Å². The van der Waals surface area contributed by atoms with Crippen molar-refractivity contribution in [2.75, 3.05) is 37.7 Å². The number of aryl methyl sites for hydroxylation is 1. The summed E-state index contributed by atoms with van der Waals surface area (Å²) in [6.45, 7) is 6.22. The van der Waals surface area contributed by atoms with Crippen LogP contribution in [0.4, 0.5) is 10.1 Å². The molecule has 3 N–H and O–H groups in total. The zero-order chi connectivity index (χ0) is 58.8. The van der Waals surface area contributed by atoms with Crippen LogP contribution in [0.5, 0.6) is 5.75 Å². The van der Waals surface area contributed by atoms with Crippen LogP contribution in [0.1, 0.15) is 135 Å². The Morgan fingerprint density at radius 1 is 0.929 bits per heavy atom. The van der Waals surface area contributed by atoms with Crippen molar-refractivity contribution in [1.82, 2.24) is 39.6 Å². The van der Waals surface area contributed by atoms with Gasteiger partial charge in [0.05, 0.1) is 22.5 Å². The number of hydrogen-bond donors (Lipinski definition) is 3. The van der Waals surface area contributed by atoms with E-state index in [1.165, 1.54) is 51.7 Å². The molecule has 19 nitrogen and oxygen atoms in total. The Kier molecular flexibility index (Phi) is 17.2. The predicted molar refractivity (Wildman–Crippen MR) is 316 cm³/mol. The number of carbonyl (C=O) groups is 6. The van der Waals surface area contributed by atoms with Gasteiger partial charge in [0.25, 0.3) is 5.91 Å². The molecule has 5 amide bonds. The van der Waals surface area contributed by atoms with Crippen LogP contribution in [0.15, 0.2) is 96.1 Å². The van der Waals surface area contributed by atoms with Crippen molar-refractivity contribution < 1.29 is 47.0 Å². The van der Waals surface area contributed by atoms with Gasteiger partial charge in [-0.05, 0) is 143 Å². The fourth-order valence-corrected chi connectivity index (χ4v) is 15.4. The van der Waals surface area contributed by atoms with Crippen molar-refractivity contribution in [2.24, 2.45) is 13.0 Å². The van der Waals surface area contributed by atoms with E-state index >= 15 is 4.39 Å². The molecule has 5 aliphatic heterocycles. The number of alkyl halides is 1. The molecule has 6 aromatic rings. The Hall–Kier alpha value is -7.66. The first kappa shape index (κ1) is 58.1. The molecule has 0 saturated carbocycles. The monoisotopic (exact) mass is 1180 g/mol. The maximum atomic E-state index is 16.7. The van der Waals surface area contributed by atoms with Gasteiger partial charge in [0.1, 0.15) is 29.9 Å². The molecule has 440 valence electrons. The van der Waals surface area contributed by atoms with Gasteiger partial charge in [0.15, 0.2) is 0 Å². The topological polar surface area (TPSA) is 224 Å². The zero-order valence-electron chi connectivity index (χ0n) is 47.3. The first-order chi connectivity index (χ1) is 40.6. The minimum Gasteiger partial charge on any atom is -0.465 e. The van der Waals surface area contributed by atoms with Gasteiger partial charge in [0.2, 0.25) is 29.5 Å². The number of para-hydroxylation sites is 1. The fraction of sp³-hybridized carbons (Fsp3) is 0.452. The van der Waals surface area contributed by atoms with Crippen LogP contribution in [0.25, 0.3) is 21.1 Å². The zero-order valence-corrected chi connectivity index (χ0v) is 49.0. The van der Waals surface area contributed by atoms with Gasteiger partial charge in [-0.3, -0.25) is 52.8 Å². The van der Waals surface area contributed by atoms with Gasteiger partial charge in [-0.15, -0.1) is 11.3 Å². The second-order valence-electron chi connectivity index (χ2n) is 22.7. The third-order valence-corrected chi connectivity index (χ3v) is 20.3. The standard InChI is InChI=1S/C62H69FN9O10PS/c1-4-31-81-61(78)38(2)67-83(80,82-45-14-6-5-7-15-45)56(63)41-18-23-53-42(33-41)34-54(84-53)58(75)65-47-16-10-13-44-19-21-51(71(44)59(47)76)60(77)70-36-43(37-70)46-35-64-28-25-48(46)69-29-26-39(27-30-69)11-8-9-12-40-17-20-49-52(32-40)68(3)62(79)72(49)50-22-24-55(73)66-57(50)74/h5-7,14-15,17-18,20,23,25,28,32-35,38-39,43-44,47,50-51,56H,4,8,10-11,13,16,19,21-22,24,26-27,29-31,36-37H2,1-3H3,(H,65,75)(H,67,80)(H,66,73,74)/t38-,44-,47-,50?,51-,56+,83?/m0/s1. The summed E-state index contributed by atoms with van der Waals surface area (Å²) in [6.07, 6.45) is 11.6. The maximum absolute atomic E-state index is 16.7. The fourth-order valence-electron chi connectivity index (χ4n) is 12.6. The lowest BCUT2D eigenvalue weighted by atomic mass is 9.88. The highest BCUT2D eigenvalue weighted by Gasteiger charge is 2.48. The number of thiophene rings is 1. The number of halogens is 1. The molecule has 2 unspecified atom stereocenters. The molecule has 0 aliphatic carbocycles. The Bertz CT molecular complexity index is 3690. The van der Waals surface area contributed by atoms with Gasteiger partial charge in [-0.1, -0.05) is 43.0 Å². The summed E-state index contributed by atoms with van der Waals surface area (Å²) in [7, 11) is -2.80. The van der Waals surface area contributed by atoms with Gasteiger partial charge in [-0.25, -0.2) is 14.3 Å². The minimum absolute atomic E-state index is 0.0126. The number of piperidine rings is 2. The Morgan fingerprint density at radius 2 is 1.73 bits per heavy atom. The molecule has 5 fully saturated rings. The summed E-state index contributed by atoms with van der Waals surface area (Å²) in [6, 6.07) is 18.5. The summed E-state index contributed by atoms with van der Waals surface area (Å²) in [4.78, 5) is 104. The number of imidazole rings is 1. The number of nitrogens with one attached hydrogen (secondary N) is 3. The number of carbonyl (C=O) groups excluding carboxylic acids is 6. The van der Waals surface area contributed by atoms with E-state index in [0.717, 1.165) is 62.0 Å². The van der Waals surface area contributed by atoms with Crippen LogP contribution in [-0.4, -0.2) is 116 Å². The largest absolute Gasteiger partial charge is 0.465 e.